The average Bonchev–Trinajstić information content (AvgIpc) is 3.25. The van der Waals surface area contributed by atoms with Crippen molar-refractivity contribution < 1.29 is 9.90 Å². The van der Waals surface area contributed by atoms with E-state index >= 15 is 0 Å². The molecule has 1 aromatic carbocycles. The van der Waals surface area contributed by atoms with Crippen LogP contribution in [0.3, 0.4) is 0 Å². The zero-order chi connectivity index (χ0) is 16.8. The standard InChI is InChI=1S/C19H26N2O2S/c22-16(14-7-1-2-8-14)13-20-18(23)11-5-6-12-19-21-15-9-3-4-10-17(15)24-19/h3-4,9-10,14,16,22H,1-2,5-8,11-13H2,(H,20,23). The smallest absolute Gasteiger partial charge is 0.220 e. The number of para-hydroxylation sites is 1. The molecule has 2 N–H and O–H groups in total. The summed E-state index contributed by atoms with van der Waals surface area (Å²) >= 11 is 1.74. The SMILES string of the molecule is O=C(CCCCc1nc2ccccc2s1)NCC(O)C1CCCC1. The van der Waals surface area contributed by atoms with Gasteiger partial charge in [0, 0.05) is 13.0 Å². The van der Waals surface area contributed by atoms with Crippen molar-refractivity contribution in [2.45, 2.75) is 57.5 Å². The highest BCUT2D eigenvalue weighted by Crippen LogP contribution is 2.27. The van der Waals surface area contributed by atoms with Gasteiger partial charge in [-0.15, -0.1) is 11.3 Å². The van der Waals surface area contributed by atoms with Gasteiger partial charge in [0.25, 0.3) is 0 Å². The molecule has 1 aliphatic rings. The molecule has 1 atom stereocenters. The molecule has 24 heavy (non-hydrogen) atoms. The fourth-order valence-corrected chi connectivity index (χ4v) is 4.41. The Morgan fingerprint density at radius 1 is 1.29 bits per heavy atom. The normalized spacial score (nSPS) is 16.5. The minimum Gasteiger partial charge on any atom is -0.391 e. The summed E-state index contributed by atoms with van der Waals surface area (Å²) in [4.78, 5) is 16.5. The van der Waals surface area contributed by atoms with E-state index < -0.39 is 0 Å². The van der Waals surface area contributed by atoms with E-state index in [-0.39, 0.29) is 12.0 Å². The van der Waals surface area contributed by atoms with E-state index in [1.54, 1.807) is 11.3 Å². The third-order valence-electron chi connectivity index (χ3n) is 4.84. The van der Waals surface area contributed by atoms with Gasteiger partial charge in [0.15, 0.2) is 0 Å². The van der Waals surface area contributed by atoms with Gasteiger partial charge in [0.05, 0.1) is 21.3 Å². The van der Waals surface area contributed by atoms with Crippen molar-refractivity contribution in [1.82, 2.24) is 10.3 Å². The maximum Gasteiger partial charge on any atom is 0.220 e. The van der Waals surface area contributed by atoms with Gasteiger partial charge < -0.3 is 10.4 Å². The van der Waals surface area contributed by atoms with Gasteiger partial charge in [-0.25, -0.2) is 4.98 Å². The number of aliphatic hydroxyl groups excluding tert-OH is 1. The molecule has 1 heterocycles. The Labute approximate surface area is 147 Å². The Balaban J connectivity index is 1.31. The summed E-state index contributed by atoms with van der Waals surface area (Å²) in [6, 6.07) is 8.18. The van der Waals surface area contributed by atoms with Crippen LogP contribution in [-0.4, -0.2) is 28.6 Å². The number of aryl methyl sites for hydroxylation is 1. The minimum atomic E-state index is -0.376. The molecule has 4 nitrogen and oxygen atoms in total. The van der Waals surface area contributed by atoms with Gasteiger partial charge in [-0.2, -0.15) is 0 Å². The first-order chi connectivity index (χ1) is 11.7. The molecule has 5 heteroatoms. The highest BCUT2D eigenvalue weighted by molar-refractivity contribution is 7.18. The van der Waals surface area contributed by atoms with E-state index in [4.69, 9.17) is 0 Å². The van der Waals surface area contributed by atoms with Crippen molar-refractivity contribution in [2.75, 3.05) is 6.54 Å². The average molecular weight is 346 g/mol. The predicted molar refractivity (Wildman–Crippen MR) is 98.1 cm³/mol. The highest BCUT2D eigenvalue weighted by atomic mass is 32.1. The molecule has 0 radical (unpaired) electrons. The second-order valence-electron chi connectivity index (χ2n) is 6.70. The molecule has 130 valence electrons. The summed E-state index contributed by atoms with van der Waals surface area (Å²) in [5.74, 6) is 0.431. The van der Waals surface area contributed by atoms with Crippen LogP contribution >= 0.6 is 11.3 Å². The number of rotatable bonds is 8. The van der Waals surface area contributed by atoms with Gasteiger partial charge in [-0.3, -0.25) is 4.79 Å². The fraction of sp³-hybridized carbons (Fsp3) is 0.579. The summed E-state index contributed by atoms with van der Waals surface area (Å²) < 4.78 is 1.23. The van der Waals surface area contributed by atoms with Crippen molar-refractivity contribution in [1.29, 1.82) is 0 Å². The van der Waals surface area contributed by atoms with Gasteiger partial charge in [0.1, 0.15) is 0 Å². The monoisotopic (exact) mass is 346 g/mol. The van der Waals surface area contributed by atoms with Gasteiger partial charge in [-0.1, -0.05) is 25.0 Å². The van der Waals surface area contributed by atoms with E-state index in [0.717, 1.165) is 42.6 Å². The predicted octanol–water partition coefficient (Wildman–Crippen LogP) is 3.68. The molecule has 1 fully saturated rings. The molecular weight excluding hydrogens is 320 g/mol. The Bertz CT molecular complexity index is 631. The molecule has 1 amide bonds. The molecular formula is C19H26N2O2S. The summed E-state index contributed by atoms with van der Waals surface area (Å²) in [6.45, 7) is 0.404. The summed E-state index contributed by atoms with van der Waals surface area (Å²) in [5.41, 5.74) is 1.07. The van der Waals surface area contributed by atoms with Crippen LogP contribution in [0.5, 0.6) is 0 Å². The molecule has 1 unspecified atom stereocenters. The molecule has 1 aliphatic carbocycles. The van der Waals surface area contributed by atoms with Crippen LogP contribution in [0.15, 0.2) is 24.3 Å². The lowest BCUT2D eigenvalue weighted by Gasteiger charge is -2.17. The third kappa shape index (κ3) is 4.77. The first-order valence-electron chi connectivity index (χ1n) is 9.01. The van der Waals surface area contributed by atoms with Crippen LogP contribution in [-0.2, 0) is 11.2 Å². The lowest BCUT2D eigenvalue weighted by Crippen LogP contribution is -2.35. The lowest BCUT2D eigenvalue weighted by molar-refractivity contribution is -0.121. The quantitative estimate of drug-likeness (QED) is 0.717. The molecule has 2 aromatic rings. The number of amides is 1. The van der Waals surface area contributed by atoms with Crippen molar-refractivity contribution >= 4 is 27.5 Å². The number of aliphatic hydroxyl groups is 1. The second-order valence-corrected chi connectivity index (χ2v) is 7.81. The van der Waals surface area contributed by atoms with Crippen LogP contribution in [0, 0.1) is 5.92 Å². The zero-order valence-electron chi connectivity index (χ0n) is 14.0. The number of fused-ring (bicyclic) bond motifs is 1. The largest absolute Gasteiger partial charge is 0.391 e. The number of nitrogens with zero attached hydrogens (tertiary/aromatic N) is 1. The number of hydrogen-bond acceptors (Lipinski definition) is 4. The second kappa shape index (κ2) is 8.58. The maximum atomic E-state index is 11.9. The topological polar surface area (TPSA) is 62.2 Å². The number of unbranched alkanes of at least 4 members (excludes halogenated alkanes) is 1. The number of hydrogen-bond donors (Lipinski definition) is 2. The molecule has 3 rings (SSSR count). The number of carbonyl (C=O) groups excluding carboxylic acids is 1. The van der Waals surface area contributed by atoms with Crippen LogP contribution in [0.4, 0.5) is 0 Å². The molecule has 1 saturated carbocycles. The van der Waals surface area contributed by atoms with E-state index in [0.29, 0.717) is 18.9 Å². The van der Waals surface area contributed by atoms with Crippen molar-refractivity contribution in [2.24, 2.45) is 5.92 Å². The number of thiazole rings is 1. The van der Waals surface area contributed by atoms with E-state index in [1.165, 1.54) is 17.5 Å². The number of aromatic nitrogens is 1. The van der Waals surface area contributed by atoms with E-state index in [1.807, 2.05) is 18.2 Å². The molecule has 0 bridgehead atoms. The molecule has 0 aliphatic heterocycles. The fourth-order valence-electron chi connectivity index (χ4n) is 3.40. The van der Waals surface area contributed by atoms with Gasteiger partial charge >= 0.3 is 0 Å². The molecule has 0 spiro atoms. The van der Waals surface area contributed by atoms with E-state index in [2.05, 4.69) is 16.4 Å². The summed E-state index contributed by atoms with van der Waals surface area (Å²) in [7, 11) is 0. The Morgan fingerprint density at radius 2 is 2.08 bits per heavy atom. The minimum absolute atomic E-state index is 0.0522. The Hall–Kier alpha value is -1.46. The first-order valence-corrected chi connectivity index (χ1v) is 9.83. The zero-order valence-corrected chi connectivity index (χ0v) is 14.9. The van der Waals surface area contributed by atoms with Crippen LogP contribution in [0.2, 0.25) is 0 Å². The lowest BCUT2D eigenvalue weighted by atomic mass is 10.0. The summed E-state index contributed by atoms with van der Waals surface area (Å²) in [6.07, 6.45) is 7.53. The van der Waals surface area contributed by atoms with Gasteiger partial charge in [0.2, 0.25) is 5.91 Å². The number of carbonyl (C=O) groups is 1. The Kier molecular flexibility index (Phi) is 6.21. The van der Waals surface area contributed by atoms with Crippen LogP contribution in [0.1, 0.15) is 50.0 Å². The highest BCUT2D eigenvalue weighted by Gasteiger charge is 2.23. The summed E-state index contributed by atoms with van der Waals surface area (Å²) in [5, 5.41) is 14.1. The maximum absolute atomic E-state index is 11.9. The first kappa shape index (κ1) is 17.4. The number of nitrogens with one attached hydrogen (secondary N) is 1. The van der Waals surface area contributed by atoms with Crippen LogP contribution in [0.25, 0.3) is 10.2 Å². The number of benzene rings is 1. The third-order valence-corrected chi connectivity index (χ3v) is 5.93. The van der Waals surface area contributed by atoms with Crippen molar-refractivity contribution in [3.63, 3.8) is 0 Å². The molecule has 0 saturated heterocycles. The van der Waals surface area contributed by atoms with Crippen molar-refractivity contribution in [3.05, 3.63) is 29.3 Å². The molecule has 1 aromatic heterocycles. The van der Waals surface area contributed by atoms with Gasteiger partial charge in [-0.05, 0) is 50.2 Å². The Morgan fingerprint density at radius 3 is 2.88 bits per heavy atom. The van der Waals surface area contributed by atoms with Crippen LogP contribution < -0.4 is 5.32 Å². The van der Waals surface area contributed by atoms with Crippen molar-refractivity contribution in [3.8, 4) is 0 Å². The van der Waals surface area contributed by atoms with E-state index in [9.17, 15) is 9.90 Å².